The Morgan fingerprint density at radius 1 is 1.45 bits per heavy atom. The summed E-state index contributed by atoms with van der Waals surface area (Å²) in [6, 6.07) is 5.24. The van der Waals surface area contributed by atoms with E-state index in [-0.39, 0.29) is 18.2 Å². The van der Waals surface area contributed by atoms with E-state index in [2.05, 4.69) is 4.98 Å². The molecule has 1 heterocycles. The van der Waals surface area contributed by atoms with Crippen LogP contribution in [0, 0.1) is 0 Å². The number of aromatic nitrogens is 1. The minimum atomic E-state index is -0.995. The lowest BCUT2D eigenvalue weighted by Crippen LogP contribution is -2.32. The van der Waals surface area contributed by atoms with Crippen molar-refractivity contribution in [1.82, 2.24) is 4.98 Å². The number of oxazole rings is 1. The average Bonchev–Trinajstić information content (AvgIpc) is 2.80. The van der Waals surface area contributed by atoms with Crippen molar-refractivity contribution >= 4 is 23.1 Å². The van der Waals surface area contributed by atoms with Crippen LogP contribution in [0.1, 0.15) is 30.6 Å². The molecule has 0 radical (unpaired) electrons. The van der Waals surface area contributed by atoms with Gasteiger partial charge in [-0.05, 0) is 38.5 Å². The molecule has 0 aliphatic carbocycles. The summed E-state index contributed by atoms with van der Waals surface area (Å²) in [5.74, 6) is -0.995. The molecule has 20 heavy (non-hydrogen) atoms. The molecule has 0 unspecified atom stereocenters. The van der Waals surface area contributed by atoms with Crippen molar-refractivity contribution in [3.63, 3.8) is 0 Å². The fourth-order valence-corrected chi connectivity index (χ4v) is 1.98. The van der Waals surface area contributed by atoms with Crippen molar-refractivity contribution < 1.29 is 19.4 Å². The van der Waals surface area contributed by atoms with Gasteiger partial charge in [0.25, 0.3) is 6.01 Å². The molecular weight excluding hydrogens is 260 g/mol. The smallest absolute Gasteiger partial charge is 0.335 e. The quantitative estimate of drug-likeness (QED) is 0.841. The van der Waals surface area contributed by atoms with Crippen molar-refractivity contribution in [3.8, 4) is 0 Å². The third-order valence-corrected chi connectivity index (χ3v) is 3.05. The van der Waals surface area contributed by atoms with E-state index in [4.69, 9.17) is 14.6 Å². The fraction of sp³-hybridized carbons (Fsp3) is 0.429. The number of hydrogen-bond donors (Lipinski definition) is 2. The zero-order valence-corrected chi connectivity index (χ0v) is 11.5. The van der Waals surface area contributed by atoms with Crippen LogP contribution in [0.15, 0.2) is 22.6 Å². The number of anilines is 1. The number of hydrogen-bond acceptors (Lipinski definition) is 5. The van der Waals surface area contributed by atoms with Gasteiger partial charge in [-0.25, -0.2) is 4.79 Å². The van der Waals surface area contributed by atoms with Crippen molar-refractivity contribution in [2.24, 2.45) is 0 Å². The third-order valence-electron chi connectivity index (χ3n) is 3.05. The number of carboxylic acids is 1. The molecule has 0 saturated carbocycles. The van der Waals surface area contributed by atoms with Crippen molar-refractivity contribution in [2.75, 3.05) is 18.1 Å². The molecule has 0 saturated heterocycles. The van der Waals surface area contributed by atoms with Gasteiger partial charge >= 0.3 is 5.97 Å². The number of carbonyl (C=O) groups is 1. The Labute approximate surface area is 116 Å². The molecule has 0 amide bonds. The lowest BCUT2D eigenvalue weighted by molar-refractivity contribution is 0.0697. The van der Waals surface area contributed by atoms with E-state index in [9.17, 15) is 4.79 Å². The normalized spacial score (nSPS) is 11.2. The Hall–Kier alpha value is -2.08. The molecule has 0 atom stereocenters. The van der Waals surface area contributed by atoms with Crippen LogP contribution in [-0.2, 0) is 0 Å². The second kappa shape index (κ2) is 5.92. The molecule has 0 aliphatic rings. The number of rotatable bonds is 6. The molecule has 0 aliphatic heterocycles. The van der Waals surface area contributed by atoms with E-state index in [1.54, 1.807) is 6.07 Å². The first-order chi connectivity index (χ1) is 9.52. The Kier molecular flexibility index (Phi) is 4.24. The standard InChI is InChI=1S/C14H18N2O4/c1-9(2)16(6-3-7-17)14-15-11-5-4-10(13(18)19)8-12(11)20-14/h4-5,8-9,17H,3,6-7H2,1-2H3,(H,18,19). The molecule has 2 N–H and O–H groups in total. The van der Waals surface area contributed by atoms with Crippen molar-refractivity contribution in [1.29, 1.82) is 0 Å². The maximum Gasteiger partial charge on any atom is 0.335 e. The van der Waals surface area contributed by atoms with Crippen LogP contribution < -0.4 is 4.90 Å². The van der Waals surface area contributed by atoms with Crippen LogP contribution in [0.25, 0.3) is 11.1 Å². The average molecular weight is 278 g/mol. The molecule has 2 rings (SSSR count). The fourth-order valence-electron chi connectivity index (χ4n) is 1.98. The first-order valence-electron chi connectivity index (χ1n) is 6.54. The second-order valence-electron chi connectivity index (χ2n) is 4.85. The molecule has 0 spiro atoms. The highest BCUT2D eigenvalue weighted by atomic mass is 16.4. The maximum atomic E-state index is 10.9. The van der Waals surface area contributed by atoms with Gasteiger partial charge < -0.3 is 19.5 Å². The third kappa shape index (κ3) is 2.91. The van der Waals surface area contributed by atoms with Gasteiger partial charge in [-0.15, -0.1) is 0 Å². The summed E-state index contributed by atoms with van der Waals surface area (Å²) in [6.07, 6.45) is 0.622. The Bertz CT molecular complexity index is 606. The van der Waals surface area contributed by atoms with Gasteiger partial charge in [0.05, 0.1) is 5.56 Å². The van der Waals surface area contributed by atoms with Crippen molar-refractivity contribution in [2.45, 2.75) is 26.3 Å². The summed E-state index contributed by atoms with van der Waals surface area (Å²) >= 11 is 0. The number of benzene rings is 1. The van der Waals surface area contributed by atoms with Gasteiger partial charge in [0, 0.05) is 19.2 Å². The number of nitrogens with zero attached hydrogens (tertiary/aromatic N) is 2. The Morgan fingerprint density at radius 3 is 2.80 bits per heavy atom. The Balaban J connectivity index is 2.36. The SMILES string of the molecule is CC(C)N(CCCO)c1nc2ccc(C(=O)O)cc2o1. The van der Waals surface area contributed by atoms with Gasteiger partial charge in [-0.2, -0.15) is 4.98 Å². The van der Waals surface area contributed by atoms with Crippen LogP contribution >= 0.6 is 0 Å². The van der Waals surface area contributed by atoms with Crippen LogP contribution in [-0.4, -0.2) is 40.4 Å². The molecule has 0 fully saturated rings. The summed E-state index contributed by atoms with van der Waals surface area (Å²) < 4.78 is 5.65. The molecule has 6 nitrogen and oxygen atoms in total. The molecule has 1 aromatic carbocycles. The molecule has 2 aromatic rings. The van der Waals surface area contributed by atoms with Gasteiger partial charge in [0.1, 0.15) is 5.52 Å². The van der Waals surface area contributed by atoms with Crippen LogP contribution in [0.4, 0.5) is 6.01 Å². The molecule has 1 aromatic heterocycles. The Morgan fingerprint density at radius 2 is 2.20 bits per heavy atom. The van der Waals surface area contributed by atoms with Gasteiger partial charge in [-0.3, -0.25) is 0 Å². The predicted molar refractivity (Wildman–Crippen MR) is 75.2 cm³/mol. The van der Waals surface area contributed by atoms with E-state index < -0.39 is 5.97 Å². The zero-order valence-electron chi connectivity index (χ0n) is 11.5. The monoisotopic (exact) mass is 278 g/mol. The molecule has 6 heteroatoms. The van der Waals surface area contributed by atoms with E-state index in [0.717, 1.165) is 0 Å². The van der Waals surface area contributed by atoms with Gasteiger partial charge in [-0.1, -0.05) is 0 Å². The highest BCUT2D eigenvalue weighted by Gasteiger charge is 2.17. The largest absolute Gasteiger partial charge is 0.478 e. The molecular formula is C14H18N2O4. The minimum Gasteiger partial charge on any atom is -0.478 e. The highest BCUT2D eigenvalue weighted by molar-refractivity contribution is 5.92. The molecule has 0 bridgehead atoms. The first-order valence-corrected chi connectivity index (χ1v) is 6.54. The van der Waals surface area contributed by atoms with E-state index >= 15 is 0 Å². The number of aliphatic hydroxyl groups excluding tert-OH is 1. The van der Waals surface area contributed by atoms with Crippen LogP contribution in [0.3, 0.4) is 0 Å². The number of fused-ring (bicyclic) bond motifs is 1. The minimum absolute atomic E-state index is 0.104. The van der Waals surface area contributed by atoms with Gasteiger partial charge in [0.15, 0.2) is 5.58 Å². The van der Waals surface area contributed by atoms with Crippen molar-refractivity contribution in [3.05, 3.63) is 23.8 Å². The highest BCUT2D eigenvalue weighted by Crippen LogP contribution is 2.24. The lowest BCUT2D eigenvalue weighted by atomic mass is 10.2. The maximum absolute atomic E-state index is 10.9. The predicted octanol–water partition coefficient (Wildman–Crippen LogP) is 2.12. The summed E-state index contributed by atoms with van der Waals surface area (Å²) in [4.78, 5) is 17.2. The summed E-state index contributed by atoms with van der Waals surface area (Å²) in [6.45, 7) is 4.75. The van der Waals surface area contributed by atoms with Crippen LogP contribution in [0.5, 0.6) is 0 Å². The lowest BCUT2D eigenvalue weighted by Gasteiger charge is -2.24. The summed E-state index contributed by atoms with van der Waals surface area (Å²) in [5, 5.41) is 17.9. The zero-order chi connectivity index (χ0) is 14.7. The van der Waals surface area contributed by atoms with Crippen LogP contribution in [0.2, 0.25) is 0 Å². The van der Waals surface area contributed by atoms with E-state index in [0.29, 0.717) is 30.1 Å². The van der Waals surface area contributed by atoms with E-state index in [1.807, 2.05) is 18.7 Å². The molecule has 108 valence electrons. The number of carboxylic acid groups (broad SMARTS) is 1. The second-order valence-corrected chi connectivity index (χ2v) is 4.85. The van der Waals surface area contributed by atoms with E-state index in [1.165, 1.54) is 12.1 Å². The number of aromatic carboxylic acids is 1. The van der Waals surface area contributed by atoms with Gasteiger partial charge in [0.2, 0.25) is 0 Å². The topological polar surface area (TPSA) is 86.8 Å². The number of aliphatic hydroxyl groups is 1. The summed E-state index contributed by atoms with van der Waals surface area (Å²) in [7, 11) is 0. The summed E-state index contributed by atoms with van der Waals surface area (Å²) in [5.41, 5.74) is 1.25. The first kappa shape index (κ1) is 14.3.